The van der Waals surface area contributed by atoms with Crippen molar-refractivity contribution in [2.24, 2.45) is 5.92 Å². The van der Waals surface area contributed by atoms with Gasteiger partial charge in [-0.1, -0.05) is 25.1 Å². The van der Waals surface area contributed by atoms with Gasteiger partial charge in [0.25, 0.3) is 0 Å². The molecule has 0 aliphatic carbocycles. The smallest absolute Gasteiger partial charge is 0.224 e. The SMILES string of the molecule is CCCNC(=O)C1CCCN(Cc2cccc3c2OC(C)(C)C3)C1. The lowest BCUT2D eigenvalue weighted by atomic mass is 9.96. The van der Waals surface area contributed by atoms with Crippen molar-refractivity contribution in [1.29, 1.82) is 0 Å². The molecule has 132 valence electrons. The minimum Gasteiger partial charge on any atom is -0.487 e. The van der Waals surface area contributed by atoms with Gasteiger partial charge in [0.1, 0.15) is 11.4 Å². The lowest BCUT2D eigenvalue weighted by molar-refractivity contribution is -0.126. The standard InChI is InChI=1S/C20H30N2O2/c1-4-10-21-19(23)17-9-6-11-22(14-17)13-16-8-5-7-15-12-20(2,3)24-18(15)16/h5,7-8,17H,4,6,9-14H2,1-3H3,(H,21,23). The third-order valence-corrected chi connectivity index (χ3v) is 4.99. The third kappa shape index (κ3) is 3.92. The first-order valence-corrected chi connectivity index (χ1v) is 9.28. The van der Waals surface area contributed by atoms with Gasteiger partial charge in [-0.05, 0) is 45.2 Å². The van der Waals surface area contributed by atoms with E-state index in [0.29, 0.717) is 0 Å². The largest absolute Gasteiger partial charge is 0.487 e. The summed E-state index contributed by atoms with van der Waals surface area (Å²) in [7, 11) is 0. The molecule has 0 bridgehead atoms. The zero-order chi connectivity index (χ0) is 17.2. The molecule has 24 heavy (non-hydrogen) atoms. The number of fused-ring (bicyclic) bond motifs is 1. The number of hydrogen-bond acceptors (Lipinski definition) is 3. The lowest BCUT2D eigenvalue weighted by Gasteiger charge is -2.32. The molecule has 1 N–H and O–H groups in total. The average Bonchev–Trinajstić information content (AvgIpc) is 2.88. The predicted octanol–water partition coefficient (Wildman–Crippen LogP) is 3.14. The maximum Gasteiger partial charge on any atom is 0.224 e. The summed E-state index contributed by atoms with van der Waals surface area (Å²) < 4.78 is 6.19. The van der Waals surface area contributed by atoms with E-state index in [1.54, 1.807) is 0 Å². The van der Waals surface area contributed by atoms with Crippen molar-refractivity contribution in [2.45, 2.75) is 58.6 Å². The van der Waals surface area contributed by atoms with Crippen LogP contribution >= 0.6 is 0 Å². The van der Waals surface area contributed by atoms with E-state index in [1.807, 2.05) is 0 Å². The second-order valence-corrected chi connectivity index (χ2v) is 7.81. The molecule has 1 saturated heterocycles. The van der Waals surface area contributed by atoms with Crippen LogP contribution < -0.4 is 10.1 Å². The Morgan fingerprint density at radius 2 is 2.25 bits per heavy atom. The number of carbonyl (C=O) groups is 1. The lowest BCUT2D eigenvalue weighted by Crippen LogP contribution is -2.42. The Hall–Kier alpha value is -1.55. The van der Waals surface area contributed by atoms with Gasteiger partial charge in [0.05, 0.1) is 5.92 Å². The number of piperidine rings is 1. The first-order chi connectivity index (χ1) is 11.5. The van der Waals surface area contributed by atoms with E-state index in [4.69, 9.17) is 4.74 Å². The maximum atomic E-state index is 12.3. The molecule has 4 heteroatoms. The fraction of sp³-hybridized carbons (Fsp3) is 0.650. The van der Waals surface area contributed by atoms with E-state index >= 15 is 0 Å². The van der Waals surface area contributed by atoms with Gasteiger partial charge in [-0.3, -0.25) is 9.69 Å². The quantitative estimate of drug-likeness (QED) is 0.902. The fourth-order valence-electron chi connectivity index (χ4n) is 3.85. The molecular weight excluding hydrogens is 300 g/mol. The van der Waals surface area contributed by atoms with E-state index in [-0.39, 0.29) is 17.4 Å². The van der Waals surface area contributed by atoms with Gasteiger partial charge in [0, 0.05) is 31.6 Å². The Morgan fingerprint density at radius 3 is 3.04 bits per heavy atom. The second kappa shape index (κ2) is 7.14. The summed E-state index contributed by atoms with van der Waals surface area (Å²) in [6.45, 7) is 9.94. The highest BCUT2D eigenvalue weighted by molar-refractivity contribution is 5.78. The zero-order valence-electron chi connectivity index (χ0n) is 15.2. The number of likely N-dealkylation sites (tertiary alicyclic amines) is 1. The van der Waals surface area contributed by atoms with Crippen molar-refractivity contribution < 1.29 is 9.53 Å². The number of benzene rings is 1. The van der Waals surface area contributed by atoms with E-state index in [9.17, 15) is 4.79 Å². The summed E-state index contributed by atoms with van der Waals surface area (Å²) >= 11 is 0. The van der Waals surface area contributed by atoms with Crippen LogP contribution in [-0.2, 0) is 17.8 Å². The Balaban J connectivity index is 1.65. The Kier molecular flexibility index (Phi) is 5.14. The molecule has 1 fully saturated rings. The molecule has 0 spiro atoms. The van der Waals surface area contributed by atoms with Crippen LogP contribution in [0.2, 0.25) is 0 Å². The molecule has 2 aliphatic rings. The molecule has 1 aromatic carbocycles. The Labute approximate surface area is 145 Å². The Bertz CT molecular complexity index is 597. The average molecular weight is 330 g/mol. The van der Waals surface area contributed by atoms with Crippen molar-refractivity contribution in [1.82, 2.24) is 10.2 Å². The van der Waals surface area contributed by atoms with Gasteiger partial charge in [-0.15, -0.1) is 0 Å². The van der Waals surface area contributed by atoms with Gasteiger partial charge in [-0.2, -0.15) is 0 Å². The summed E-state index contributed by atoms with van der Waals surface area (Å²) in [6.07, 6.45) is 4.05. The highest BCUT2D eigenvalue weighted by atomic mass is 16.5. The van der Waals surface area contributed by atoms with Crippen LogP contribution in [0.5, 0.6) is 5.75 Å². The number of para-hydroxylation sites is 1. The van der Waals surface area contributed by atoms with E-state index in [1.165, 1.54) is 11.1 Å². The van der Waals surface area contributed by atoms with Crippen molar-refractivity contribution >= 4 is 5.91 Å². The topological polar surface area (TPSA) is 41.6 Å². The second-order valence-electron chi connectivity index (χ2n) is 7.81. The molecule has 0 radical (unpaired) electrons. The molecule has 4 nitrogen and oxygen atoms in total. The molecule has 2 heterocycles. The van der Waals surface area contributed by atoms with Crippen LogP contribution in [0.3, 0.4) is 0 Å². The van der Waals surface area contributed by atoms with Crippen LogP contribution in [0.4, 0.5) is 0 Å². The molecule has 3 rings (SSSR count). The maximum absolute atomic E-state index is 12.3. The van der Waals surface area contributed by atoms with Gasteiger partial charge in [0.2, 0.25) is 5.91 Å². The molecule has 2 aliphatic heterocycles. The molecule has 1 amide bonds. The third-order valence-electron chi connectivity index (χ3n) is 4.99. The van der Waals surface area contributed by atoms with Gasteiger partial charge >= 0.3 is 0 Å². The molecule has 0 aromatic heterocycles. The first-order valence-electron chi connectivity index (χ1n) is 9.28. The molecule has 1 atom stereocenters. The summed E-state index contributed by atoms with van der Waals surface area (Å²) in [4.78, 5) is 14.7. The first kappa shape index (κ1) is 17.3. The normalized spacial score (nSPS) is 22.7. The zero-order valence-corrected chi connectivity index (χ0v) is 15.2. The number of rotatable bonds is 5. The summed E-state index contributed by atoms with van der Waals surface area (Å²) in [5.41, 5.74) is 2.46. The minimum absolute atomic E-state index is 0.108. The summed E-state index contributed by atoms with van der Waals surface area (Å²) in [5, 5.41) is 3.05. The van der Waals surface area contributed by atoms with Crippen molar-refractivity contribution in [2.75, 3.05) is 19.6 Å². The number of nitrogens with zero attached hydrogens (tertiary/aromatic N) is 1. The number of ether oxygens (including phenoxy) is 1. The van der Waals surface area contributed by atoms with Crippen LogP contribution in [-0.4, -0.2) is 36.0 Å². The van der Waals surface area contributed by atoms with E-state index in [0.717, 1.165) is 57.6 Å². The van der Waals surface area contributed by atoms with Crippen molar-refractivity contribution in [3.8, 4) is 5.75 Å². The van der Waals surface area contributed by atoms with Crippen LogP contribution in [0, 0.1) is 5.92 Å². The van der Waals surface area contributed by atoms with Crippen molar-refractivity contribution in [3.05, 3.63) is 29.3 Å². The number of hydrogen-bond donors (Lipinski definition) is 1. The summed E-state index contributed by atoms with van der Waals surface area (Å²) in [6, 6.07) is 6.47. The Morgan fingerprint density at radius 1 is 1.42 bits per heavy atom. The predicted molar refractivity (Wildman–Crippen MR) is 96.2 cm³/mol. The number of carbonyl (C=O) groups excluding carboxylic acids is 1. The number of nitrogens with one attached hydrogen (secondary N) is 1. The van der Waals surface area contributed by atoms with Crippen LogP contribution in [0.25, 0.3) is 0 Å². The number of amides is 1. The van der Waals surface area contributed by atoms with Gasteiger partial charge < -0.3 is 10.1 Å². The van der Waals surface area contributed by atoms with E-state index < -0.39 is 0 Å². The summed E-state index contributed by atoms with van der Waals surface area (Å²) in [5.74, 6) is 1.41. The van der Waals surface area contributed by atoms with Gasteiger partial charge in [0.15, 0.2) is 0 Å². The highest BCUT2D eigenvalue weighted by Gasteiger charge is 2.32. The highest BCUT2D eigenvalue weighted by Crippen LogP contribution is 2.38. The van der Waals surface area contributed by atoms with Crippen LogP contribution in [0.15, 0.2) is 18.2 Å². The monoisotopic (exact) mass is 330 g/mol. The molecule has 0 saturated carbocycles. The minimum atomic E-state index is -0.108. The van der Waals surface area contributed by atoms with Gasteiger partial charge in [-0.25, -0.2) is 0 Å². The molecule has 1 unspecified atom stereocenters. The van der Waals surface area contributed by atoms with E-state index in [2.05, 4.69) is 49.2 Å². The molecule has 1 aromatic rings. The fourth-order valence-corrected chi connectivity index (χ4v) is 3.85. The molecular formula is C20H30N2O2. The van der Waals surface area contributed by atoms with Crippen LogP contribution in [0.1, 0.15) is 51.2 Å². The van der Waals surface area contributed by atoms with Crippen molar-refractivity contribution in [3.63, 3.8) is 0 Å².